The molecule has 0 saturated carbocycles. The molecular formula is C20H18N2O4. The number of ether oxygens (including phenoxy) is 2. The van der Waals surface area contributed by atoms with E-state index in [1.54, 1.807) is 6.92 Å². The molecule has 1 aliphatic rings. The maximum Gasteiger partial charge on any atom is 0.273 e. The molecule has 6 nitrogen and oxygen atoms in total. The van der Waals surface area contributed by atoms with Crippen LogP contribution in [-0.4, -0.2) is 17.7 Å². The molecule has 0 bridgehead atoms. The van der Waals surface area contributed by atoms with Gasteiger partial charge in [0, 0.05) is 12.1 Å². The van der Waals surface area contributed by atoms with E-state index in [1.807, 2.05) is 49.4 Å². The van der Waals surface area contributed by atoms with E-state index in [0.29, 0.717) is 29.6 Å². The van der Waals surface area contributed by atoms with E-state index >= 15 is 0 Å². The lowest BCUT2D eigenvalue weighted by molar-refractivity contribution is 0.0945. The van der Waals surface area contributed by atoms with E-state index in [1.165, 1.54) is 0 Å². The Balaban J connectivity index is 1.47. The van der Waals surface area contributed by atoms with Crippen LogP contribution >= 0.6 is 0 Å². The molecule has 2 aromatic carbocycles. The largest absolute Gasteiger partial charge is 0.454 e. The van der Waals surface area contributed by atoms with Crippen LogP contribution in [0.2, 0.25) is 0 Å². The molecule has 0 fully saturated rings. The molecule has 0 spiro atoms. The summed E-state index contributed by atoms with van der Waals surface area (Å²) in [6.07, 6.45) is 0. The molecule has 6 heteroatoms. The van der Waals surface area contributed by atoms with Crippen molar-refractivity contribution in [3.8, 4) is 23.0 Å². The molecule has 3 aromatic rings. The van der Waals surface area contributed by atoms with Gasteiger partial charge in [0.2, 0.25) is 12.7 Å². The summed E-state index contributed by atoms with van der Waals surface area (Å²) in [5.41, 5.74) is 3.20. The van der Waals surface area contributed by atoms with Crippen LogP contribution in [0.25, 0.3) is 11.5 Å². The fourth-order valence-electron chi connectivity index (χ4n) is 2.74. The third-order valence-electron chi connectivity index (χ3n) is 4.20. The number of aryl methyl sites for hydroxylation is 2. The number of rotatable bonds is 4. The van der Waals surface area contributed by atoms with Crippen molar-refractivity contribution in [2.45, 2.75) is 20.4 Å². The summed E-state index contributed by atoms with van der Waals surface area (Å²) in [4.78, 5) is 16.8. The number of fused-ring (bicyclic) bond motifs is 1. The maximum atomic E-state index is 12.5. The standard InChI is InChI=1S/C20H18N2O4/c1-12-3-6-15(7-4-12)20-22-18(13(2)26-20)19(23)21-10-14-5-8-16-17(9-14)25-11-24-16/h3-9H,10-11H2,1-2H3,(H,21,23). The van der Waals surface area contributed by atoms with Gasteiger partial charge in [0.1, 0.15) is 5.76 Å². The normalized spacial score (nSPS) is 12.2. The van der Waals surface area contributed by atoms with Gasteiger partial charge in [-0.2, -0.15) is 0 Å². The highest BCUT2D eigenvalue weighted by Crippen LogP contribution is 2.32. The Morgan fingerprint density at radius 3 is 2.65 bits per heavy atom. The van der Waals surface area contributed by atoms with E-state index in [0.717, 1.165) is 22.4 Å². The highest BCUT2D eigenvalue weighted by molar-refractivity contribution is 5.93. The average molecular weight is 350 g/mol. The maximum absolute atomic E-state index is 12.5. The van der Waals surface area contributed by atoms with Crippen LogP contribution in [0, 0.1) is 13.8 Å². The number of carbonyl (C=O) groups excluding carboxylic acids is 1. The van der Waals surface area contributed by atoms with Crippen molar-refractivity contribution in [2.24, 2.45) is 0 Å². The van der Waals surface area contributed by atoms with Gasteiger partial charge in [0.25, 0.3) is 5.91 Å². The first kappa shape index (κ1) is 16.2. The number of hydrogen-bond donors (Lipinski definition) is 1. The lowest BCUT2D eigenvalue weighted by Gasteiger charge is -2.05. The second-order valence-electron chi connectivity index (χ2n) is 6.16. The monoisotopic (exact) mass is 350 g/mol. The number of nitrogens with one attached hydrogen (secondary N) is 1. The number of carbonyl (C=O) groups is 1. The van der Waals surface area contributed by atoms with Crippen LogP contribution in [0.1, 0.15) is 27.4 Å². The summed E-state index contributed by atoms with van der Waals surface area (Å²) in [5.74, 6) is 2.06. The minimum Gasteiger partial charge on any atom is -0.454 e. The van der Waals surface area contributed by atoms with Gasteiger partial charge in [0.15, 0.2) is 17.2 Å². The van der Waals surface area contributed by atoms with Crippen molar-refractivity contribution < 1.29 is 18.7 Å². The van der Waals surface area contributed by atoms with Crippen molar-refractivity contribution in [3.63, 3.8) is 0 Å². The van der Waals surface area contributed by atoms with Gasteiger partial charge in [-0.15, -0.1) is 0 Å². The fraction of sp³-hybridized carbons (Fsp3) is 0.200. The summed E-state index contributed by atoms with van der Waals surface area (Å²) in [6, 6.07) is 13.4. The smallest absolute Gasteiger partial charge is 0.273 e. The van der Waals surface area contributed by atoms with E-state index in [-0.39, 0.29) is 12.7 Å². The molecule has 1 N–H and O–H groups in total. The minimum atomic E-state index is -0.276. The Morgan fingerprint density at radius 1 is 1.08 bits per heavy atom. The molecule has 0 atom stereocenters. The molecule has 1 aliphatic heterocycles. The van der Waals surface area contributed by atoms with E-state index < -0.39 is 0 Å². The van der Waals surface area contributed by atoms with Crippen molar-refractivity contribution in [1.29, 1.82) is 0 Å². The fourth-order valence-corrected chi connectivity index (χ4v) is 2.74. The van der Waals surface area contributed by atoms with E-state index in [9.17, 15) is 4.79 Å². The molecule has 2 heterocycles. The number of oxazole rings is 1. The number of aromatic nitrogens is 1. The summed E-state index contributed by atoms with van der Waals surface area (Å²) in [7, 11) is 0. The van der Waals surface area contributed by atoms with Crippen molar-refractivity contribution in [3.05, 3.63) is 65.0 Å². The minimum absolute atomic E-state index is 0.227. The first-order chi connectivity index (χ1) is 12.6. The number of benzene rings is 2. The summed E-state index contributed by atoms with van der Waals surface area (Å²) in [6.45, 7) is 4.34. The Hall–Kier alpha value is -3.28. The molecule has 0 radical (unpaired) electrons. The van der Waals surface area contributed by atoms with Crippen LogP contribution in [0.15, 0.2) is 46.9 Å². The predicted octanol–water partition coefficient (Wildman–Crippen LogP) is 3.62. The Bertz CT molecular complexity index is 960. The second-order valence-corrected chi connectivity index (χ2v) is 6.16. The molecule has 1 amide bonds. The number of amides is 1. The zero-order valence-electron chi connectivity index (χ0n) is 14.5. The zero-order valence-corrected chi connectivity index (χ0v) is 14.5. The zero-order chi connectivity index (χ0) is 18.1. The van der Waals surface area contributed by atoms with Gasteiger partial charge in [0.05, 0.1) is 0 Å². The molecule has 1 aromatic heterocycles. The van der Waals surface area contributed by atoms with E-state index in [4.69, 9.17) is 13.9 Å². The van der Waals surface area contributed by atoms with Crippen LogP contribution in [-0.2, 0) is 6.54 Å². The second kappa shape index (κ2) is 6.55. The van der Waals surface area contributed by atoms with Crippen molar-refractivity contribution in [1.82, 2.24) is 10.3 Å². The van der Waals surface area contributed by atoms with Gasteiger partial charge in [-0.05, 0) is 43.7 Å². The SMILES string of the molecule is Cc1ccc(-c2nc(C(=O)NCc3ccc4c(c3)OCO4)c(C)o2)cc1. The van der Waals surface area contributed by atoms with Gasteiger partial charge >= 0.3 is 0 Å². The molecule has 26 heavy (non-hydrogen) atoms. The van der Waals surface area contributed by atoms with Crippen LogP contribution < -0.4 is 14.8 Å². The van der Waals surface area contributed by atoms with Gasteiger partial charge < -0.3 is 19.2 Å². The first-order valence-corrected chi connectivity index (χ1v) is 8.31. The predicted molar refractivity (Wildman–Crippen MR) is 95.1 cm³/mol. The Morgan fingerprint density at radius 2 is 1.85 bits per heavy atom. The third kappa shape index (κ3) is 3.13. The molecule has 4 rings (SSSR count). The topological polar surface area (TPSA) is 73.6 Å². The summed E-state index contributed by atoms with van der Waals surface area (Å²) in [5, 5.41) is 2.86. The van der Waals surface area contributed by atoms with Gasteiger partial charge in [-0.3, -0.25) is 4.79 Å². The van der Waals surface area contributed by atoms with Crippen molar-refractivity contribution >= 4 is 5.91 Å². The van der Waals surface area contributed by atoms with Gasteiger partial charge in [-0.1, -0.05) is 23.8 Å². The average Bonchev–Trinajstić information content (AvgIpc) is 3.26. The molecule has 0 unspecified atom stereocenters. The molecular weight excluding hydrogens is 332 g/mol. The lowest BCUT2D eigenvalue weighted by atomic mass is 10.1. The lowest BCUT2D eigenvalue weighted by Crippen LogP contribution is -2.23. The highest BCUT2D eigenvalue weighted by Gasteiger charge is 2.18. The van der Waals surface area contributed by atoms with Crippen LogP contribution in [0.3, 0.4) is 0 Å². The molecule has 132 valence electrons. The first-order valence-electron chi connectivity index (χ1n) is 8.31. The van der Waals surface area contributed by atoms with Crippen LogP contribution in [0.5, 0.6) is 11.5 Å². The van der Waals surface area contributed by atoms with Crippen LogP contribution in [0.4, 0.5) is 0 Å². The quantitative estimate of drug-likeness (QED) is 0.778. The van der Waals surface area contributed by atoms with Gasteiger partial charge in [-0.25, -0.2) is 4.98 Å². The Labute approximate surface area is 150 Å². The van der Waals surface area contributed by atoms with Crippen molar-refractivity contribution in [2.75, 3.05) is 6.79 Å². The summed E-state index contributed by atoms with van der Waals surface area (Å²) < 4.78 is 16.3. The van der Waals surface area contributed by atoms with E-state index in [2.05, 4.69) is 10.3 Å². The highest BCUT2D eigenvalue weighted by atomic mass is 16.7. The number of hydrogen-bond acceptors (Lipinski definition) is 5. The molecule has 0 saturated heterocycles. The third-order valence-corrected chi connectivity index (χ3v) is 4.20. The Kier molecular flexibility index (Phi) is 4.08. The molecule has 0 aliphatic carbocycles. The summed E-state index contributed by atoms with van der Waals surface area (Å²) >= 11 is 0. The number of nitrogens with zero attached hydrogens (tertiary/aromatic N) is 1.